The minimum absolute atomic E-state index is 0.00153. The van der Waals surface area contributed by atoms with Crippen molar-refractivity contribution >= 4 is 50.6 Å². The molecule has 2 atom stereocenters. The number of sulfonamides is 1. The summed E-state index contributed by atoms with van der Waals surface area (Å²) >= 11 is 7.08. The Morgan fingerprint density at radius 2 is 1.94 bits per heavy atom. The molecule has 0 aliphatic carbocycles. The number of amides is 1. The first-order valence-corrected chi connectivity index (χ1v) is 12.5. The van der Waals surface area contributed by atoms with Crippen LogP contribution in [0.25, 0.3) is 6.08 Å². The van der Waals surface area contributed by atoms with Crippen LogP contribution in [-0.2, 0) is 14.8 Å². The number of carbonyl (C=O) groups is 1. The zero-order chi connectivity index (χ0) is 23.8. The summed E-state index contributed by atoms with van der Waals surface area (Å²) in [6.07, 6.45) is 1.53. The van der Waals surface area contributed by atoms with Crippen LogP contribution in [0.15, 0.2) is 29.2 Å². The van der Waals surface area contributed by atoms with Crippen LogP contribution in [0.3, 0.4) is 0 Å². The van der Waals surface area contributed by atoms with Gasteiger partial charge in [-0.05, 0) is 70.3 Å². The molecule has 3 rings (SSSR count). The lowest BCUT2D eigenvalue weighted by molar-refractivity contribution is -0.118. The van der Waals surface area contributed by atoms with Gasteiger partial charge in [0, 0.05) is 17.5 Å². The average molecular weight is 504 g/mol. The summed E-state index contributed by atoms with van der Waals surface area (Å²) in [5.41, 5.74) is -0.0287. The maximum absolute atomic E-state index is 14.8. The molecule has 1 aromatic heterocycles. The zero-order valence-electron chi connectivity index (χ0n) is 18.0. The summed E-state index contributed by atoms with van der Waals surface area (Å²) in [6.45, 7) is 3.20. The molecule has 2 unspecified atom stereocenters. The van der Waals surface area contributed by atoms with Crippen LogP contribution in [0.4, 0.5) is 14.5 Å². The van der Waals surface area contributed by atoms with Crippen LogP contribution in [0.1, 0.15) is 36.8 Å². The van der Waals surface area contributed by atoms with E-state index < -0.39 is 39.3 Å². The molecule has 11 heteroatoms. The molecule has 1 aliphatic rings. The smallest absolute Gasteiger partial charge is 0.245 e. The fourth-order valence-corrected chi connectivity index (χ4v) is 5.56. The number of hydrogen-bond acceptors (Lipinski definition) is 5. The van der Waals surface area contributed by atoms with E-state index in [0.717, 1.165) is 4.90 Å². The first kappa shape index (κ1) is 24.8. The Labute approximate surface area is 195 Å². The van der Waals surface area contributed by atoms with Gasteiger partial charge in [-0.2, -0.15) is 4.72 Å². The molecule has 0 bridgehead atoms. The molecule has 1 amide bonds. The van der Waals surface area contributed by atoms with Crippen molar-refractivity contribution in [2.45, 2.75) is 32.4 Å². The maximum Gasteiger partial charge on any atom is 0.245 e. The molecule has 2 heterocycles. The Bertz CT molecular complexity index is 1140. The molecule has 0 spiro atoms. The predicted octanol–water partition coefficient (Wildman–Crippen LogP) is 4.39. The van der Waals surface area contributed by atoms with Crippen molar-refractivity contribution in [1.29, 1.82) is 0 Å². The van der Waals surface area contributed by atoms with E-state index in [1.165, 1.54) is 36.5 Å². The standard InChI is InChI=1S/C21H24ClF2N3O3S2/c1-12(9-15-5-6-19(22)31-15)32(29,30)25-18-7-8-27(21(18)28)20-16(23)10-14(11-17(20)24)13(2)26(3)4/h5-6,9-11,13,18,25H,7-8H2,1-4H3/b12-9+. The summed E-state index contributed by atoms with van der Waals surface area (Å²) in [5.74, 6) is -2.43. The number of nitrogens with one attached hydrogen (secondary N) is 1. The molecule has 6 nitrogen and oxygen atoms in total. The zero-order valence-corrected chi connectivity index (χ0v) is 20.4. The Morgan fingerprint density at radius 1 is 1.31 bits per heavy atom. The molecule has 1 saturated heterocycles. The average Bonchev–Trinajstić information content (AvgIpc) is 3.26. The van der Waals surface area contributed by atoms with Gasteiger partial charge in [-0.3, -0.25) is 4.79 Å². The van der Waals surface area contributed by atoms with Crippen molar-refractivity contribution in [1.82, 2.24) is 9.62 Å². The first-order chi connectivity index (χ1) is 14.9. The van der Waals surface area contributed by atoms with Crippen molar-refractivity contribution in [3.63, 3.8) is 0 Å². The molecule has 0 radical (unpaired) electrons. The number of carbonyl (C=O) groups excluding carboxylic acids is 1. The Hall–Kier alpha value is -1.85. The molecule has 1 N–H and O–H groups in total. The third-order valence-corrected chi connectivity index (χ3v) is 8.17. The minimum atomic E-state index is -3.98. The molecule has 2 aromatic rings. The lowest BCUT2D eigenvalue weighted by atomic mass is 10.1. The fourth-order valence-electron chi connectivity index (χ4n) is 3.36. The summed E-state index contributed by atoms with van der Waals surface area (Å²) in [7, 11) is -0.404. The number of hydrogen-bond donors (Lipinski definition) is 1. The molecule has 1 aromatic carbocycles. The van der Waals surface area contributed by atoms with Gasteiger partial charge in [0.15, 0.2) is 0 Å². The summed E-state index contributed by atoms with van der Waals surface area (Å²) in [6, 6.07) is 4.39. The van der Waals surface area contributed by atoms with Gasteiger partial charge in [-0.25, -0.2) is 17.2 Å². The lowest BCUT2D eigenvalue weighted by Crippen LogP contribution is -2.42. The topological polar surface area (TPSA) is 69.7 Å². The highest BCUT2D eigenvalue weighted by molar-refractivity contribution is 7.93. The van der Waals surface area contributed by atoms with Gasteiger partial charge in [0.2, 0.25) is 15.9 Å². The molecule has 174 valence electrons. The van der Waals surface area contributed by atoms with E-state index in [1.54, 1.807) is 38.1 Å². The van der Waals surface area contributed by atoms with Crippen LogP contribution in [0.5, 0.6) is 0 Å². The van der Waals surface area contributed by atoms with E-state index >= 15 is 0 Å². The van der Waals surface area contributed by atoms with Crippen molar-refractivity contribution < 1.29 is 22.0 Å². The predicted molar refractivity (Wildman–Crippen MR) is 124 cm³/mol. The van der Waals surface area contributed by atoms with E-state index in [2.05, 4.69) is 4.72 Å². The molecular formula is C21H24ClF2N3O3S2. The number of rotatable bonds is 7. The Morgan fingerprint density at radius 3 is 2.47 bits per heavy atom. The monoisotopic (exact) mass is 503 g/mol. The highest BCUT2D eigenvalue weighted by Crippen LogP contribution is 2.32. The summed E-state index contributed by atoms with van der Waals surface area (Å²) in [5, 5.41) is 0. The normalized spacial score (nSPS) is 18.6. The van der Waals surface area contributed by atoms with Gasteiger partial charge < -0.3 is 9.80 Å². The SMILES string of the molecule is C/C(=C\c1ccc(Cl)s1)S(=O)(=O)NC1CCN(c2c(F)cc(C(C)N(C)C)cc2F)C1=O. The minimum Gasteiger partial charge on any atom is -0.306 e. The number of benzene rings is 1. The third-order valence-electron chi connectivity index (χ3n) is 5.43. The molecule has 1 fully saturated rings. The quantitative estimate of drug-likeness (QED) is 0.608. The van der Waals surface area contributed by atoms with Crippen LogP contribution >= 0.6 is 22.9 Å². The van der Waals surface area contributed by atoms with E-state index in [1.807, 2.05) is 0 Å². The molecule has 0 saturated carbocycles. The number of nitrogens with zero attached hydrogens (tertiary/aromatic N) is 2. The summed E-state index contributed by atoms with van der Waals surface area (Å²) < 4.78 is 57.8. The van der Waals surface area contributed by atoms with E-state index in [4.69, 9.17) is 11.6 Å². The van der Waals surface area contributed by atoms with Crippen LogP contribution in [0.2, 0.25) is 4.34 Å². The van der Waals surface area contributed by atoms with Crippen LogP contribution in [-0.4, -0.2) is 45.9 Å². The number of anilines is 1. The van der Waals surface area contributed by atoms with Crippen LogP contribution in [0, 0.1) is 11.6 Å². The van der Waals surface area contributed by atoms with Gasteiger partial charge in [0.25, 0.3) is 0 Å². The lowest BCUT2D eigenvalue weighted by Gasteiger charge is -2.23. The fraction of sp³-hybridized carbons (Fsp3) is 0.381. The molecule has 32 heavy (non-hydrogen) atoms. The number of halogens is 3. The van der Waals surface area contributed by atoms with Gasteiger partial charge in [0.05, 0.1) is 9.24 Å². The highest BCUT2D eigenvalue weighted by atomic mass is 35.5. The highest BCUT2D eigenvalue weighted by Gasteiger charge is 2.38. The Kier molecular flexibility index (Phi) is 7.41. The van der Waals surface area contributed by atoms with Crippen molar-refractivity contribution in [2.75, 3.05) is 25.5 Å². The molecule has 1 aliphatic heterocycles. The van der Waals surface area contributed by atoms with Crippen molar-refractivity contribution in [3.8, 4) is 0 Å². The van der Waals surface area contributed by atoms with Gasteiger partial charge >= 0.3 is 0 Å². The third kappa shape index (κ3) is 5.20. The second kappa shape index (κ2) is 9.56. The van der Waals surface area contributed by atoms with Crippen molar-refractivity contribution in [3.05, 3.63) is 55.6 Å². The van der Waals surface area contributed by atoms with Gasteiger partial charge in [0.1, 0.15) is 23.4 Å². The van der Waals surface area contributed by atoms with Gasteiger partial charge in [-0.15, -0.1) is 11.3 Å². The molecular weight excluding hydrogens is 480 g/mol. The van der Waals surface area contributed by atoms with Gasteiger partial charge in [-0.1, -0.05) is 11.6 Å². The number of allylic oxidation sites excluding steroid dienone is 1. The second-order valence-electron chi connectivity index (χ2n) is 7.82. The van der Waals surface area contributed by atoms with E-state index in [0.29, 0.717) is 14.8 Å². The first-order valence-electron chi connectivity index (χ1n) is 9.83. The van der Waals surface area contributed by atoms with Crippen molar-refractivity contribution in [2.24, 2.45) is 0 Å². The number of thiophene rings is 1. The summed E-state index contributed by atoms with van der Waals surface area (Å²) in [4.78, 5) is 16.2. The van der Waals surface area contributed by atoms with E-state index in [9.17, 15) is 22.0 Å². The largest absolute Gasteiger partial charge is 0.306 e. The maximum atomic E-state index is 14.8. The second-order valence-corrected chi connectivity index (χ2v) is 11.5. The van der Waals surface area contributed by atoms with E-state index in [-0.39, 0.29) is 23.9 Å². The Balaban J connectivity index is 1.79. The van der Waals surface area contributed by atoms with Crippen LogP contribution < -0.4 is 9.62 Å².